The summed E-state index contributed by atoms with van der Waals surface area (Å²) in [6.07, 6.45) is 5.05. The summed E-state index contributed by atoms with van der Waals surface area (Å²) in [4.78, 5) is 12.4. The Morgan fingerprint density at radius 2 is 1.38 bits per heavy atom. The average molecular weight is 338 g/mol. The predicted molar refractivity (Wildman–Crippen MR) is 95.8 cm³/mol. The van der Waals surface area contributed by atoms with Crippen LogP contribution < -0.4 is 34.6 Å². The van der Waals surface area contributed by atoms with E-state index in [4.69, 9.17) is 0 Å². The summed E-state index contributed by atoms with van der Waals surface area (Å²) >= 11 is 0. The van der Waals surface area contributed by atoms with E-state index in [0.717, 1.165) is 11.1 Å². The summed E-state index contributed by atoms with van der Waals surface area (Å²) in [6, 6.07) is 19.3. The number of amides is 1. The van der Waals surface area contributed by atoms with Gasteiger partial charge in [-0.3, -0.25) is 4.79 Å². The fourth-order valence-corrected chi connectivity index (χ4v) is 2.56. The van der Waals surface area contributed by atoms with Gasteiger partial charge in [0.05, 0.1) is 0 Å². The Morgan fingerprint density at radius 3 is 1.96 bits per heavy atom. The summed E-state index contributed by atoms with van der Waals surface area (Å²) in [6.45, 7) is 0.853. The normalized spacial score (nSPS) is 14.2. The molecule has 1 amide bonds. The number of hydrogen-bond donors (Lipinski definition) is 2. The van der Waals surface area contributed by atoms with Gasteiger partial charge in [0.1, 0.15) is 0 Å². The first-order valence-corrected chi connectivity index (χ1v) is 8.14. The molecule has 2 aromatic carbocycles. The van der Waals surface area contributed by atoms with Crippen molar-refractivity contribution in [1.29, 1.82) is 0 Å². The van der Waals surface area contributed by atoms with Gasteiger partial charge in [0, 0.05) is 18.7 Å². The third kappa shape index (κ3) is 5.16. The number of carbonyl (C=O) groups excluding carboxylic acids is 1. The standard InChI is InChI=1S/C21H20N2O2.Li/c24-20(22-14-16-8-3-1-4-9-16)18-12-7-13-19(18)21(25)23-15-17-10-5-2-6-11-17;/h1-13,22,24H,14-15H2,(H,23,25);/q;+1/p-1. The van der Waals surface area contributed by atoms with E-state index in [1.807, 2.05) is 60.7 Å². The van der Waals surface area contributed by atoms with E-state index < -0.39 is 0 Å². The smallest absolute Gasteiger partial charge is 0.860 e. The van der Waals surface area contributed by atoms with Crippen LogP contribution in [-0.4, -0.2) is 5.91 Å². The summed E-state index contributed by atoms with van der Waals surface area (Å²) in [5.41, 5.74) is 2.80. The quantitative estimate of drug-likeness (QED) is 0.534. The molecule has 1 aliphatic rings. The van der Waals surface area contributed by atoms with Crippen molar-refractivity contribution in [3.8, 4) is 0 Å². The van der Waals surface area contributed by atoms with Gasteiger partial charge in [0.25, 0.3) is 5.91 Å². The molecule has 2 N–H and O–H groups in total. The van der Waals surface area contributed by atoms with E-state index in [9.17, 15) is 9.90 Å². The molecule has 0 aromatic heterocycles. The first-order valence-electron chi connectivity index (χ1n) is 8.14. The first-order chi connectivity index (χ1) is 12.2. The van der Waals surface area contributed by atoms with Gasteiger partial charge >= 0.3 is 18.9 Å². The molecule has 0 unspecified atom stereocenters. The maximum Gasteiger partial charge on any atom is 1.00 e. The van der Waals surface area contributed by atoms with Gasteiger partial charge in [0.15, 0.2) is 0 Å². The molecular formula is C21H19LiN2O2. The molecule has 0 radical (unpaired) electrons. The van der Waals surface area contributed by atoms with Crippen LogP contribution >= 0.6 is 0 Å². The minimum absolute atomic E-state index is 0. The van der Waals surface area contributed by atoms with Gasteiger partial charge in [-0.15, -0.1) is 0 Å². The van der Waals surface area contributed by atoms with Crippen LogP contribution in [0.3, 0.4) is 0 Å². The van der Waals surface area contributed by atoms with Crippen molar-refractivity contribution >= 4 is 5.91 Å². The zero-order valence-electron chi connectivity index (χ0n) is 14.7. The molecule has 0 spiro atoms. The van der Waals surface area contributed by atoms with Gasteiger partial charge in [-0.05, 0) is 28.7 Å². The molecule has 126 valence electrons. The molecule has 0 fully saturated rings. The van der Waals surface area contributed by atoms with Gasteiger partial charge in [-0.2, -0.15) is 0 Å². The van der Waals surface area contributed by atoms with Crippen molar-refractivity contribution in [1.82, 2.24) is 10.6 Å². The maximum atomic E-state index is 12.4. The predicted octanol–water partition coefficient (Wildman–Crippen LogP) is -0.835. The minimum Gasteiger partial charge on any atom is -0.860 e. The summed E-state index contributed by atoms with van der Waals surface area (Å²) in [7, 11) is 0. The van der Waals surface area contributed by atoms with Gasteiger partial charge in [-0.1, -0.05) is 72.8 Å². The maximum absolute atomic E-state index is 12.4. The number of hydrogen-bond acceptors (Lipinski definition) is 3. The van der Waals surface area contributed by atoms with Crippen LogP contribution in [0.15, 0.2) is 95.9 Å². The zero-order valence-corrected chi connectivity index (χ0v) is 14.7. The van der Waals surface area contributed by atoms with E-state index in [0.29, 0.717) is 24.2 Å². The Bertz CT molecular complexity index is 828. The molecule has 2 aromatic rings. The minimum atomic E-state index is -0.251. The Hall–Kier alpha value is -2.67. The third-order valence-corrected chi connectivity index (χ3v) is 3.90. The van der Waals surface area contributed by atoms with E-state index in [-0.39, 0.29) is 30.7 Å². The Labute approximate surface area is 165 Å². The molecule has 0 saturated heterocycles. The van der Waals surface area contributed by atoms with Gasteiger partial charge in [-0.25, -0.2) is 0 Å². The van der Waals surface area contributed by atoms with Crippen molar-refractivity contribution in [2.75, 3.05) is 0 Å². The Balaban J connectivity index is 0.00000243. The third-order valence-electron chi connectivity index (χ3n) is 3.90. The summed E-state index contributed by atoms with van der Waals surface area (Å²) < 4.78 is 0. The average Bonchev–Trinajstić information content (AvgIpc) is 3.16. The second-order valence-electron chi connectivity index (χ2n) is 5.69. The molecule has 5 heteroatoms. The fourth-order valence-electron chi connectivity index (χ4n) is 2.56. The van der Waals surface area contributed by atoms with Crippen LogP contribution in [0, 0.1) is 0 Å². The SMILES string of the molecule is O=C(NCc1ccccc1)C1=CC=CC1=C([O-])NCc1ccccc1.[Li+]. The van der Waals surface area contributed by atoms with Crippen LogP contribution in [0.2, 0.25) is 0 Å². The monoisotopic (exact) mass is 338 g/mol. The van der Waals surface area contributed by atoms with E-state index >= 15 is 0 Å². The van der Waals surface area contributed by atoms with E-state index in [1.54, 1.807) is 18.2 Å². The molecule has 0 aliphatic heterocycles. The van der Waals surface area contributed by atoms with Crippen molar-refractivity contribution in [3.63, 3.8) is 0 Å². The van der Waals surface area contributed by atoms with Crippen LogP contribution in [0.1, 0.15) is 11.1 Å². The molecule has 0 saturated carbocycles. The van der Waals surface area contributed by atoms with Crippen LogP contribution in [-0.2, 0) is 17.9 Å². The van der Waals surface area contributed by atoms with Crippen LogP contribution in [0.4, 0.5) is 0 Å². The van der Waals surface area contributed by atoms with Crippen molar-refractivity contribution in [2.45, 2.75) is 13.1 Å². The van der Waals surface area contributed by atoms with Crippen LogP contribution in [0.25, 0.3) is 0 Å². The van der Waals surface area contributed by atoms with E-state index in [1.165, 1.54) is 0 Å². The number of rotatable bonds is 6. The number of nitrogens with one attached hydrogen (secondary N) is 2. The van der Waals surface area contributed by atoms with Crippen LogP contribution in [0.5, 0.6) is 0 Å². The first kappa shape index (κ1) is 19.6. The zero-order chi connectivity index (χ0) is 17.5. The largest absolute Gasteiger partial charge is 1.00 e. The second-order valence-corrected chi connectivity index (χ2v) is 5.69. The molecule has 26 heavy (non-hydrogen) atoms. The summed E-state index contributed by atoms with van der Waals surface area (Å²) in [5.74, 6) is -0.502. The topological polar surface area (TPSA) is 64.2 Å². The number of allylic oxidation sites excluding steroid dienone is 3. The van der Waals surface area contributed by atoms with Gasteiger partial charge in [0.2, 0.25) is 0 Å². The van der Waals surface area contributed by atoms with Crippen molar-refractivity contribution in [2.24, 2.45) is 0 Å². The molecule has 0 atom stereocenters. The van der Waals surface area contributed by atoms with Crippen molar-refractivity contribution in [3.05, 3.63) is 107 Å². The molecule has 1 aliphatic carbocycles. The number of carbonyl (C=O) groups is 1. The van der Waals surface area contributed by atoms with E-state index in [2.05, 4.69) is 10.6 Å². The second kappa shape index (κ2) is 9.72. The summed E-state index contributed by atoms with van der Waals surface area (Å²) in [5, 5.41) is 18.1. The molecule has 4 nitrogen and oxygen atoms in total. The van der Waals surface area contributed by atoms with Gasteiger partial charge < -0.3 is 15.7 Å². The molecular weight excluding hydrogens is 319 g/mol. The molecule has 3 rings (SSSR count). The Kier molecular flexibility index (Phi) is 7.34. The van der Waals surface area contributed by atoms with Crippen molar-refractivity contribution < 1.29 is 28.8 Å². The number of benzene rings is 2. The fraction of sp³-hybridized carbons (Fsp3) is 0.0952. The molecule has 0 bridgehead atoms. The Morgan fingerprint density at radius 1 is 0.846 bits per heavy atom. The molecule has 0 heterocycles.